The highest BCUT2D eigenvalue weighted by Gasteiger charge is 2.15. The van der Waals surface area contributed by atoms with Crippen molar-refractivity contribution in [2.75, 3.05) is 12.3 Å². The second-order valence-electron chi connectivity index (χ2n) is 6.64. The van der Waals surface area contributed by atoms with Crippen LogP contribution in [-0.4, -0.2) is 24.0 Å². The first-order chi connectivity index (χ1) is 12.4. The number of alkyl carbamates (subject to hydrolysis) is 1. The Morgan fingerprint density at radius 3 is 2.50 bits per heavy atom. The number of thioether (sulfide) groups is 1. The van der Waals surface area contributed by atoms with E-state index in [1.165, 1.54) is 14.0 Å². The summed E-state index contributed by atoms with van der Waals surface area (Å²) in [5.74, 6) is 1.06. The van der Waals surface area contributed by atoms with E-state index in [0.29, 0.717) is 6.54 Å². The number of hydrogen-bond acceptors (Lipinski definition) is 6. The lowest BCUT2D eigenvalue weighted by molar-refractivity contribution is 0.0524. The summed E-state index contributed by atoms with van der Waals surface area (Å²) < 4.78 is 6.45. The quantitative estimate of drug-likeness (QED) is 0.453. The van der Waals surface area contributed by atoms with Crippen molar-refractivity contribution in [1.82, 2.24) is 5.32 Å². The lowest BCUT2D eigenvalue weighted by Crippen LogP contribution is -2.31. The summed E-state index contributed by atoms with van der Waals surface area (Å²) in [4.78, 5) is 15.3. The van der Waals surface area contributed by atoms with Crippen LogP contribution in [0.1, 0.15) is 32.1 Å². The molecule has 1 aromatic heterocycles. The monoisotopic (exact) mass is 410 g/mol. The van der Waals surface area contributed by atoms with Gasteiger partial charge in [0, 0.05) is 14.7 Å². The predicted octanol–water partition coefficient (Wildman–Crippen LogP) is 5.36. The summed E-state index contributed by atoms with van der Waals surface area (Å²) in [7, 11) is 0. The number of nitrogens with one attached hydrogen (secondary N) is 1. The number of benzene rings is 1. The number of nitrogens with two attached hydrogens (primary N) is 1. The zero-order valence-electron chi connectivity index (χ0n) is 15.4. The zero-order valence-corrected chi connectivity index (χ0v) is 17.9. The summed E-state index contributed by atoms with van der Waals surface area (Å²) in [6.07, 6.45) is 0.652. The normalized spacial score (nSPS) is 11.4. The van der Waals surface area contributed by atoms with E-state index in [4.69, 9.17) is 10.5 Å². The molecular weight excluding hydrogens is 384 g/mol. The average molecular weight is 411 g/mol. The molecule has 26 heavy (non-hydrogen) atoms. The molecule has 0 bridgehead atoms. The summed E-state index contributed by atoms with van der Waals surface area (Å²) in [6.45, 7) is 6.79. The highest BCUT2D eigenvalue weighted by molar-refractivity contribution is 8.01. The van der Waals surface area contributed by atoms with Crippen LogP contribution in [0.2, 0.25) is 0 Å². The lowest BCUT2D eigenvalue weighted by atomic mass is 10.2. The van der Waals surface area contributed by atoms with Gasteiger partial charge in [-0.2, -0.15) is 0 Å². The molecule has 0 unspecified atom stereocenters. The van der Waals surface area contributed by atoms with Crippen LogP contribution in [0.25, 0.3) is 0 Å². The Morgan fingerprint density at radius 1 is 1.15 bits per heavy atom. The van der Waals surface area contributed by atoms with E-state index >= 15 is 0 Å². The fourth-order valence-corrected chi connectivity index (χ4v) is 4.94. The molecule has 1 aromatic carbocycles. The van der Waals surface area contributed by atoms with Crippen molar-refractivity contribution in [2.24, 2.45) is 5.73 Å². The van der Waals surface area contributed by atoms with Gasteiger partial charge in [0.25, 0.3) is 0 Å². The largest absolute Gasteiger partial charge is 0.444 e. The SMILES string of the molecule is CC(C)(C)OC(=O)NCc1ccc(Sc2ccc(SCCCN)cc2)s1. The van der Waals surface area contributed by atoms with E-state index in [2.05, 4.69) is 35.6 Å². The minimum absolute atomic E-state index is 0.386. The molecule has 7 heteroatoms. The fourth-order valence-electron chi connectivity index (χ4n) is 1.97. The standard InChI is InChI=1S/C19H26N2O2S3/c1-19(2,3)23-18(22)21-13-16-9-10-17(26-16)25-15-7-5-14(6-8-15)24-12-4-11-20/h5-10H,4,11-13,20H2,1-3H3,(H,21,22). The number of rotatable bonds is 8. The van der Waals surface area contributed by atoms with Gasteiger partial charge in [-0.25, -0.2) is 4.79 Å². The van der Waals surface area contributed by atoms with E-state index in [9.17, 15) is 4.79 Å². The van der Waals surface area contributed by atoms with Crippen LogP contribution < -0.4 is 11.1 Å². The van der Waals surface area contributed by atoms with Crippen LogP contribution in [0.5, 0.6) is 0 Å². The molecule has 0 aliphatic heterocycles. The van der Waals surface area contributed by atoms with Crippen molar-refractivity contribution < 1.29 is 9.53 Å². The summed E-state index contributed by atoms with van der Waals surface area (Å²) in [5, 5.41) is 2.79. The molecule has 0 radical (unpaired) electrons. The molecule has 0 atom stereocenters. The van der Waals surface area contributed by atoms with Gasteiger partial charge in [-0.1, -0.05) is 11.8 Å². The van der Waals surface area contributed by atoms with Gasteiger partial charge in [-0.05, 0) is 75.9 Å². The molecule has 0 saturated carbocycles. The van der Waals surface area contributed by atoms with Crippen LogP contribution in [0, 0.1) is 0 Å². The van der Waals surface area contributed by atoms with Crippen molar-refractivity contribution in [3.63, 3.8) is 0 Å². The lowest BCUT2D eigenvalue weighted by Gasteiger charge is -2.19. The molecule has 0 aliphatic rings. The topological polar surface area (TPSA) is 64.3 Å². The Kier molecular flexibility index (Phi) is 8.34. The number of ether oxygens (including phenoxy) is 1. The maximum atomic E-state index is 11.7. The third-order valence-electron chi connectivity index (χ3n) is 3.10. The number of thiophene rings is 1. The molecule has 1 amide bonds. The molecule has 0 aliphatic carbocycles. The Labute approximate surface area is 168 Å². The maximum absolute atomic E-state index is 11.7. The van der Waals surface area contributed by atoms with E-state index in [0.717, 1.165) is 23.6 Å². The van der Waals surface area contributed by atoms with Gasteiger partial charge >= 0.3 is 6.09 Å². The molecule has 3 N–H and O–H groups in total. The first kappa shape index (κ1) is 21.2. The molecule has 2 rings (SSSR count). The fraction of sp³-hybridized carbons (Fsp3) is 0.421. The van der Waals surface area contributed by atoms with Crippen molar-refractivity contribution >= 4 is 41.0 Å². The van der Waals surface area contributed by atoms with Crippen molar-refractivity contribution in [3.05, 3.63) is 41.3 Å². The molecule has 4 nitrogen and oxygen atoms in total. The van der Waals surface area contributed by atoms with E-state index in [-0.39, 0.29) is 6.09 Å². The van der Waals surface area contributed by atoms with Crippen LogP contribution >= 0.6 is 34.9 Å². The average Bonchev–Trinajstić information content (AvgIpc) is 3.01. The van der Waals surface area contributed by atoms with Gasteiger partial charge < -0.3 is 15.8 Å². The second-order valence-corrected chi connectivity index (χ2v) is 10.4. The smallest absolute Gasteiger partial charge is 0.407 e. The molecule has 1 heterocycles. The highest BCUT2D eigenvalue weighted by Crippen LogP contribution is 2.34. The van der Waals surface area contributed by atoms with Crippen LogP contribution in [0.3, 0.4) is 0 Å². The van der Waals surface area contributed by atoms with Gasteiger partial charge in [0.1, 0.15) is 5.60 Å². The number of carbonyl (C=O) groups is 1. The van der Waals surface area contributed by atoms with Crippen LogP contribution in [0.15, 0.2) is 50.4 Å². The minimum Gasteiger partial charge on any atom is -0.444 e. The highest BCUT2D eigenvalue weighted by atomic mass is 32.2. The third kappa shape index (κ3) is 8.03. The minimum atomic E-state index is -0.477. The van der Waals surface area contributed by atoms with E-state index < -0.39 is 5.60 Å². The molecule has 0 spiro atoms. The van der Waals surface area contributed by atoms with Crippen LogP contribution in [-0.2, 0) is 11.3 Å². The number of carbonyl (C=O) groups excluding carboxylic acids is 1. The maximum Gasteiger partial charge on any atom is 0.407 e. The molecule has 2 aromatic rings. The van der Waals surface area contributed by atoms with Gasteiger partial charge in [0.15, 0.2) is 0 Å². The molecule has 0 fully saturated rings. The van der Waals surface area contributed by atoms with Crippen LogP contribution in [0.4, 0.5) is 4.79 Å². The van der Waals surface area contributed by atoms with Gasteiger partial charge in [-0.15, -0.1) is 23.1 Å². The second kappa shape index (κ2) is 10.3. The first-order valence-corrected chi connectivity index (χ1v) is 11.1. The Morgan fingerprint density at radius 2 is 1.85 bits per heavy atom. The van der Waals surface area contributed by atoms with E-state index in [1.54, 1.807) is 23.1 Å². The van der Waals surface area contributed by atoms with Crippen molar-refractivity contribution in [3.8, 4) is 0 Å². The Bertz CT molecular complexity index is 694. The molecule has 0 saturated heterocycles. The summed E-state index contributed by atoms with van der Waals surface area (Å²) in [6, 6.07) is 12.7. The van der Waals surface area contributed by atoms with Crippen molar-refractivity contribution in [1.29, 1.82) is 0 Å². The zero-order chi connectivity index (χ0) is 19.0. The molecule has 142 valence electrons. The predicted molar refractivity (Wildman–Crippen MR) is 112 cm³/mol. The Balaban J connectivity index is 1.81. The summed E-state index contributed by atoms with van der Waals surface area (Å²) >= 11 is 5.26. The van der Waals surface area contributed by atoms with Crippen molar-refractivity contribution in [2.45, 2.75) is 53.3 Å². The van der Waals surface area contributed by atoms with Gasteiger partial charge in [-0.3, -0.25) is 0 Å². The van der Waals surface area contributed by atoms with Gasteiger partial charge in [0.2, 0.25) is 0 Å². The number of amides is 1. The van der Waals surface area contributed by atoms with E-state index in [1.807, 2.05) is 38.6 Å². The number of hydrogen-bond donors (Lipinski definition) is 2. The van der Waals surface area contributed by atoms with Gasteiger partial charge in [0.05, 0.1) is 10.8 Å². The first-order valence-electron chi connectivity index (χ1n) is 8.52. The third-order valence-corrected chi connectivity index (χ3v) is 6.43. The summed E-state index contributed by atoms with van der Waals surface area (Å²) in [5.41, 5.74) is 5.05. The molecular formula is C19H26N2O2S3. The Hall–Kier alpha value is -1.15.